The Morgan fingerprint density at radius 2 is 2.31 bits per heavy atom. The van der Waals surface area contributed by atoms with Crippen LogP contribution in [-0.2, 0) is 12.8 Å². The van der Waals surface area contributed by atoms with Crippen molar-refractivity contribution in [2.24, 2.45) is 7.05 Å². The second-order valence-electron chi connectivity index (χ2n) is 3.35. The monoisotopic (exact) mass is 254 g/mol. The lowest BCUT2D eigenvalue weighted by atomic mass is 10.3. The van der Waals surface area contributed by atoms with E-state index in [1.54, 1.807) is 28.6 Å². The summed E-state index contributed by atoms with van der Waals surface area (Å²) in [5.41, 5.74) is 7.50. The molecule has 0 aliphatic carbocycles. The fraction of sp³-hybridized carbons (Fsp3) is 0.200. The molecule has 0 fully saturated rings. The van der Waals surface area contributed by atoms with E-state index in [4.69, 9.17) is 17.3 Å². The Balaban J connectivity index is 2.07. The molecule has 2 rings (SSSR count). The number of nitrogens with zero attached hydrogens (tertiary/aromatic N) is 3. The molecular formula is C10H11ClN4S. The van der Waals surface area contributed by atoms with Crippen molar-refractivity contribution in [3.63, 3.8) is 0 Å². The molecule has 0 amide bonds. The quantitative estimate of drug-likeness (QED) is 0.675. The van der Waals surface area contributed by atoms with Crippen molar-refractivity contribution in [3.8, 4) is 0 Å². The maximum absolute atomic E-state index is 5.90. The maximum atomic E-state index is 5.90. The fourth-order valence-corrected chi connectivity index (χ4v) is 2.36. The van der Waals surface area contributed by atoms with Gasteiger partial charge in [0.2, 0.25) is 0 Å². The van der Waals surface area contributed by atoms with Gasteiger partial charge in [-0.1, -0.05) is 16.8 Å². The van der Waals surface area contributed by atoms with Crippen molar-refractivity contribution in [2.45, 2.75) is 10.6 Å². The molecule has 0 saturated heterocycles. The number of nitrogen functional groups attached to an aromatic ring is 1. The van der Waals surface area contributed by atoms with Crippen molar-refractivity contribution in [2.75, 3.05) is 5.73 Å². The highest BCUT2D eigenvalue weighted by molar-refractivity contribution is 7.98. The third-order valence-electron chi connectivity index (χ3n) is 2.00. The largest absolute Gasteiger partial charge is 0.398 e. The van der Waals surface area contributed by atoms with Gasteiger partial charge in [0.1, 0.15) is 0 Å². The van der Waals surface area contributed by atoms with E-state index in [0.717, 1.165) is 22.0 Å². The molecule has 0 aliphatic rings. The molecule has 0 aliphatic heterocycles. The van der Waals surface area contributed by atoms with Crippen LogP contribution in [0, 0.1) is 0 Å². The summed E-state index contributed by atoms with van der Waals surface area (Å²) in [4.78, 5) is 0.971. The summed E-state index contributed by atoms with van der Waals surface area (Å²) in [5, 5.41) is 8.56. The van der Waals surface area contributed by atoms with Gasteiger partial charge in [0.05, 0.1) is 5.69 Å². The second-order valence-corrected chi connectivity index (χ2v) is 4.81. The van der Waals surface area contributed by atoms with E-state index >= 15 is 0 Å². The molecule has 1 aromatic carbocycles. The Morgan fingerprint density at radius 1 is 1.50 bits per heavy atom. The van der Waals surface area contributed by atoms with Crippen LogP contribution in [0.15, 0.2) is 29.3 Å². The Kier molecular flexibility index (Phi) is 3.36. The highest BCUT2D eigenvalue weighted by Crippen LogP contribution is 2.29. The predicted molar refractivity (Wildman–Crippen MR) is 66.4 cm³/mol. The Labute approximate surface area is 103 Å². The van der Waals surface area contributed by atoms with Gasteiger partial charge in [-0.2, -0.15) is 0 Å². The lowest BCUT2D eigenvalue weighted by molar-refractivity contribution is 0.714. The van der Waals surface area contributed by atoms with Crippen LogP contribution in [0.3, 0.4) is 0 Å². The Hall–Kier alpha value is -1.20. The van der Waals surface area contributed by atoms with Gasteiger partial charge in [-0.3, -0.25) is 4.68 Å². The average Bonchev–Trinajstić information content (AvgIpc) is 2.66. The van der Waals surface area contributed by atoms with Crippen molar-refractivity contribution >= 4 is 29.1 Å². The van der Waals surface area contributed by atoms with Gasteiger partial charge in [0.15, 0.2) is 0 Å². The van der Waals surface area contributed by atoms with Crippen molar-refractivity contribution < 1.29 is 0 Å². The zero-order valence-corrected chi connectivity index (χ0v) is 10.3. The van der Waals surface area contributed by atoms with E-state index in [1.165, 1.54) is 0 Å². The molecule has 0 radical (unpaired) electrons. The van der Waals surface area contributed by atoms with Crippen LogP contribution in [0.1, 0.15) is 5.69 Å². The first-order valence-corrected chi connectivity index (χ1v) is 6.04. The molecule has 1 heterocycles. The van der Waals surface area contributed by atoms with E-state index in [-0.39, 0.29) is 0 Å². The van der Waals surface area contributed by atoms with Gasteiger partial charge in [0, 0.05) is 34.6 Å². The first-order chi connectivity index (χ1) is 7.65. The molecule has 84 valence electrons. The zero-order chi connectivity index (χ0) is 11.5. The third kappa shape index (κ3) is 2.68. The smallest absolute Gasteiger partial charge is 0.0929 e. The maximum Gasteiger partial charge on any atom is 0.0929 e. The summed E-state index contributed by atoms with van der Waals surface area (Å²) in [6.07, 6.45) is 1.88. The number of hydrogen-bond acceptors (Lipinski definition) is 4. The molecule has 4 nitrogen and oxygen atoms in total. The van der Waals surface area contributed by atoms with E-state index in [9.17, 15) is 0 Å². The molecule has 0 atom stereocenters. The first kappa shape index (κ1) is 11.3. The lowest BCUT2D eigenvalue weighted by Gasteiger charge is -2.03. The van der Waals surface area contributed by atoms with E-state index in [1.807, 2.05) is 19.3 Å². The summed E-state index contributed by atoms with van der Waals surface area (Å²) in [6, 6.07) is 5.45. The predicted octanol–water partition coefficient (Wildman–Crippen LogP) is 2.34. The van der Waals surface area contributed by atoms with E-state index < -0.39 is 0 Å². The molecule has 1 aromatic heterocycles. The Bertz CT molecular complexity index is 497. The molecule has 0 saturated carbocycles. The van der Waals surface area contributed by atoms with Gasteiger partial charge in [0.25, 0.3) is 0 Å². The third-order valence-corrected chi connectivity index (χ3v) is 3.34. The number of aromatic nitrogens is 3. The minimum absolute atomic E-state index is 0.691. The lowest BCUT2D eigenvalue weighted by Crippen LogP contribution is -1.89. The van der Waals surface area contributed by atoms with Crippen LogP contribution in [0.2, 0.25) is 5.02 Å². The summed E-state index contributed by atoms with van der Waals surface area (Å²) < 4.78 is 1.68. The standard InChI is InChI=1S/C10H11ClN4S/c1-15-5-8(13-14-15)6-16-10-4-7(11)2-3-9(10)12/h2-5H,6,12H2,1H3. The molecule has 6 heteroatoms. The van der Waals surface area contributed by atoms with Crippen LogP contribution in [-0.4, -0.2) is 15.0 Å². The van der Waals surface area contributed by atoms with Crippen LogP contribution < -0.4 is 5.73 Å². The summed E-state index contributed by atoms with van der Waals surface area (Å²) in [5.74, 6) is 0.735. The van der Waals surface area contributed by atoms with Gasteiger partial charge >= 0.3 is 0 Å². The number of rotatable bonds is 3. The SMILES string of the molecule is Cn1cc(CSc2cc(Cl)ccc2N)nn1. The zero-order valence-electron chi connectivity index (χ0n) is 8.72. The molecule has 16 heavy (non-hydrogen) atoms. The number of thioether (sulfide) groups is 1. The topological polar surface area (TPSA) is 56.7 Å². The van der Waals surface area contributed by atoms with Gasteiger partial charge in [-0.05, 0) is 18.2 Å². The molecule has 0 unspecified atom stereocenters. The van der Waals surface area contributed by atoms with Crippen molar-refractivity contribution in [1.29, 1.82) is 0 Å². The van der Waals surface area contributed by atoms with Crippen LogP contribution in [0.5, 0.6) is 0 Å². The van der Waals surface area contributed by atoms with Gasteiger partial charge in [-0.25, -0.2) is 0 Å². The normalized spacial score (nSPS) is 10.6. The molecular weight excluding hydrogens is 244 g/mol. The number of aryl methyl sites for hydroxylation is 1. The van der Waals surface area contributed by atoms with Crippen molar-refractivity contribution in [3.05, 3.63) is 35.1 Å². The second kappa shape index (κ2) is 4.76. The minimum Gasteiger partial charge on any atom is -0.398 e. The van der Waals surface area contributed by atoms with Crippen LogP contribution in [0.4, 0.5) is 5.69 Å². The number of benzene rings is 1. The van der Waals surface area contributed by atoms with Crippen LogP contribution in [0.25, 0.3) is 0 Å². The molecule has 0 bridgehead atoms. The van der Waals surface area contributed by atoms with Crippen LogP contribution >= 0.6 is 23.4 Å². The summed E-state index contributed by atoms with van der Waals surface area (Å²) in [7, 11) is 1.84. The minimum atomic E-state index is 0.691. The van der Waals surface area contributed by atoms with E-state index in [0.29, 0.717) is 5.02 Å². The summed E-state index contributed by atoms with van der Waals surface area (Å²) in [6.45, 7) is 0. The molecule has 2 N–H and O–H groups in total. The summed E-state index contributed by atoms with van der Waals surface area (Å²) >= 11 is 7.50. The number of halogens is 1. The Morgan fingerprint density at radius 3 is 3.00 bits per heavy atom. The first-order valence-electron chi connectivity index (χ1n) is 4.68. The fourth-order valence-electron chi connectivity index (χ4n) is 1.25. The highest BCUT2D eigenvalue weighted by Gasteiger charge is 2.04. The molecule has 2 aromatic rings. The molecule has 0 spiro atoms. The van der Waals surface area contributed by atoms with E-state index in [2.05, 4.69) is 10.3 Å². The number of hydrogen-bond donors (Lipinski definition) is 1. The van der Waals surface area contributed by atoms with Crippen molar-refractivity contribution in [1.82, 2.24) is 15.0 Å². The highest BCUT2D eigenvalue weighted by atomic mass is 35.5. The van der Waals surface area contributed by atoms with Gasteiger partial charge < -0.3 is 5.73 Å². The van der Waals surface area contributed by atoms with Gasteiger partial charge in [-0.15, -0.1) is 16.9 Å². The number of anilines is 1. The number of nitrogens with two attached hydrogens (primary N) is 1. The average molecular weight is 255 g/mol.